The van der Waals surface area contributed by atoms with E-state index in [1.807, 2.05) is 0 Å². The number of carbonyl (C=O) groups excluding carboxylic acids is 1. The van der Waals surface area contributed by atoms with E-state index in [1.54, 1.807) is 0 Å². The molecule has 5 nitrogen and oxygen atoms in total. The molecule has 0 unspecified atom stereocenters. The zero-order chi connectivity index (χ0) is 19.9. The van der Waals surface area contributed by atoms with E-state index in [4.69, 9.17) is 18.7 Å². The van der Waals surface area contributed by atoms with Gasteiger partial charge in [0.15, 0.2) is 11.5 Å². The number of aromatic hydroxyl groups is 2. The molecule has 110 valence electrons. The van der Waals surface area contributed by atoms with Crippen LogP contribution in [-0.4, -0.2) is 28.3 Å². The molecule has 2 rings (SSSR count). The number of phenols is 2. The van der Waals surface area contributed by atoms with Gasteiger partial charge < -0.3 is 20.7 Å². The number of benzene rings is 1. The van der Waals surface area contributed by atoms with E-state index in [0.717, 1.165) is 19.3 Å². The van der Waals surface area contributed by atoms with E-state index in [-0.39, 0.29) is 0 Å². The van der Waals surface area contributed by atoms with Gasteiger partial charge in [-0.05, 0) is 49.7 Å². The quantitative estimate of drug-likeness (QED) is 0.580. The third kappa shape index (κ3) is 3.87. The van der Waals surface area contributed by atoms with Crippen LogP contribution in [0.3, 0.4) is 0 Å². The summed E-state index contributed by atoms with van der Waals surface area (Å²) in [4.78, 5) is 12.4. The molecule has 1 saturated carbocycles. The lowest BCUT2D eigenvalue weighted by atomic mass is 9.97. The molecular weight excluding hydrogens is 258 g/mol. The van der Waals surface area contributed by atoms with Crippen molar-refractivity contribution in [2.24, 2.45) is 5.73 Å². The molecule has 0 aromatic heterocycles. The van der Waals surface area contributed by atoms with E-state index in [1.165, 1.54) is 0 Å². The van der Waals surface area contributed by atoms with Gasteiger partial charge in [-0.2, -0.15) is 0 Å². The van der Waals surface area contributed by atoms with Crippen molar-refractivity contribution in [1.29, 1.82) is 0 Å². The van der Waals surface area contributed by atoms with Gasteiger partial charge in [0.1, 0.15) is 12.1 Å². The van der Waals surface area contributed by atoms with Crippen LogP contribution >= 0.6 is 0 Å². The second kappa shape index (κ2) is 6.61. The molecule has 1 aliphatic rings. The Bertz CT molecular complexity index is 690. The zero-order valence-electron chi connectivity index (χ0n) is 16.9. The topological polar surface area (TPSA) is 92.8 Å². The van der Waals surface area contributed by atoms with Gasteiger partial charge in [-0.1, -0.05) is 12.5 Å². The van der Waals surface area contributed by atoms with Crippen LogP contribution < -0.4 is 5.73 Å². The second-order valence-corrected chi connectivity index (χ2v) is 4.65. The number of nitrogens with two attached hydrogens (primary N) is 1. The largest absolute Gasteiger partial charge is 0.504 e. The average Bonchev–Trinajstić information content (AvgIpc) is 2.58. The van der Waals surface area contributed by atoms with Gasteiger partial charge in [0, 0.05) is 2.74 Å². The minimum absolute atomic E-state index is 0.480. The summed E-state index contributed by atoms with van der Waals surface area (Å²) in [5.74, 6) is -3.54. The van der Waals surface area contributed by atoms with Crippen molar-refractivity contribution >= 4 is 5.97 Å². The Morgan fingerprint density at radius 2 is 2.15 bits per heavy atom. The summed E-state index contributed by atoms with van der Waals surface area (Å²) >= 11 is 0. The predicted molar refractivity (Wildman–Crippen MR) is 74.4 cm³/mol. The van der Waals surface area contributed by atoms with E-state index in [0.29, 0.717) is 12.8 Å². The van der Waals surface area contributed by atoms with Crippen LogP contribution in [0.25, 0.3) is 0 Å². The molecular formula is C15H21NO4. The number of ether oxygens (including phenoxy) is 1. The van der Waals surface area contributed by atoms with E-state index < -0.39 is 59.7 Å². The maximum Gasteiger partial charge on any atom is 0.323 e. The molecule has 0 saturated heterocycles. The van der Waals surface area contributed by atoms with Crippen molar-refractivity contribution in [2.75, 3.05) is 0 Å². The fraction of sp³-hybridized carbons (Fsp3) is 0.533. The molecule has 1 aromatic rings. The molecule has 1 aliphatic carbocycles. The highest BCUT2D eigenvalue weighted by Gasteiger charge is 2.22. The monoisotopic (exact) mass is 285 g/mol. The molecule has 1 aromatic carbocycles. The van der Waals surface area contributed by atoms with Gasteiger partial charge in [0.25, 0.3) is 0 Å². The van der Waals surface area contributed by atoms with Crippen LogP contribution in [0.15, 0.2) is 18.1 Å². The maximum absolute atomic E-state index is 12.4. The lowest BCUT2D eigenvalue weighted by Gasteiger charge is -2.23. The maximum atomic E-state index is 12.4. The molecule has 0 aliphatic heterocycles. The highest BCUT2D eigenvalue weighted by atomic mass is 16.5. The minimum atomic E-state index is -3.13. The highest BCUT2D eigenvalue weighted by molar-refractivity contribution is 5.76. The zero-order valence-corrected chi connectivity index (χ0v) is 10.9. The summed E-state index contributed by atoms with van der Waals surface area (Å²) in [6, 6.07) is -5.91. The Balaban J connectivity index is 2.43. The van der Waals surface area contributed by atoms with Crippen LogP contribution in [-0.2, 0) is 15.9 Å². The summed E-state index contributed by atoms with van der Waals surface area (Å²) < 4.78 is 52.5. The summed E-state index contributed by atoms with van der Waals surface area (Å²) in [5, 5.41) is 19.2. The number of phenolic OH excluding ortho intramolecular Hbond substituents is 2. The molecule has 4 N–H and O–H groups in total. The smallest absolute Gasteiger partial charge is 0.323 e. The van der Waals surface area contributed by atoms with Crippen molar-refractivity contribution in [3.63, 3.8) is 0 Å². The minimum Gasteiger partial charge on any atom is -0.504 e. The van der Waals surface area contributed by atoms with Gasteiger partial charge in [0.05, 0.1) is 5.48 Å². The summed E-state index contributed by atoms with van der Waals surface area (Å²) in [5.41, 5.74) is 4.67. The van der Waals surface area contributed by atoms with Gasteiger partial charge >= 0.3 is 5.97 Å². The number of carbonyl (C=O) groups is 1. The lowest BCUT2D eigenvalue weighted by molar-refractivity contribution is -0.152. The fourth-order valence-electron chi connectivity index (χ4n) is 2.04. The number of rotatable bonds is 4. The number of hydrogen-bond acceptors (Lipinski definition) is 5. The summed E-state index contributed by atoms with van der Waals surface area (Å²) in [6.45, 7) is 0. The molecule has 0 spiro atoms. The van der Waals surface area contributed by atoms with Crippen molar-refractivity contribution in [3.05, 3.63) is 23.7 Å². The first-order valence-electron chi connectivity index (χ1n) is 9.45. The molecule has 1 fully saturated rings. The van der Waals surface area contributed by atoms with Crippen LogP contribution in [0.2, 0.25) is 0 Å². The Labute approximate surface area is 126 Å². The van der Waals surface area contributed by atoms with Crippen molar-refractivity contribution < 1.29 is 28.0 Å². The first kappa shape index (κ1) is 8.52. The molecule has 0 heterocycles. The van der Waals surface area contributed by atoms with Crippen molar-refractivity contribution in [3.8, 4) is 11.5 Å². The van der Waals surface area contributed by atoms with E-state index in [2.05, 4.69) is 0 Å². The fourth-order valence-corrected chi connectivity index (χ4v) is 2.04. The van der Waals surface area contributed by atoms with Crippen LogP contribution in [0.4, 0.5) is 0 Å². The predicted octanol–water partition coefficient (Wildman–Crippen LogP) is 1.84. The van der Waals surface area contributed by atoms with Gasteiger partial charge in [-0.25, -0.2) is 0 Å². The number of esters is 1. The SMILES string of the molecule is [2H]c1c([2H])c(C([2H])([2H])[C@]([2H])(N)C(=O)OC2CCCCC2)c([2H])c(O)c1O. The van der Waals surface area contributed by atoms with Crippen molar-refractivity contribution in [1.82, 2.24) is 0 Å². The Morgan fingerprint density at radius 3 is 2.85 bits per heavy atom. The molecule has 5 heteroatoms. The molecule has 0 bridgehead atoms. The summed E-state index contributed by atoms with van der Waals surface area (Å²) in [7, 11) is 0. The number of hydrogen-bond donors (Lipinski definition) is 3. The van der Waals surface area contributed by atoms with Gasteiger partial charge in [-0.15, -0.1) is 0 Å². The lowest BCUT2D eigenvalue weighted by Crippen LogP contribution is -2.37. The Kier molecular flexibility index (Phi) is 2.82. The van der Waals surface area contributed by atoms with Gasteiger partial charge in [0.2, 0.25) is 0 Å². The van der Waals surface area contributed by atoms with E-state index >= 15 is 0 Å². The van der Waals surface area contributed by atoms with Gasteiger partial charge in [-0.3, -0.25) is 4.79 Å². The molecule has 0 amide bonds. The summed E-state index contributed by atoms with van der Waals surface area (Å²) in [6.07, 6.45) is 0.210. The van der Waals surface area contributed by atoms with Crippen LogP contribution in [0, 0.1) is 0 Å². The van der Waals surface area contributed by atoms with Crippen molar-refractivity contribution in [2.45, 2.75) is 50.6 Å². The third-order valence-electron chi connectivity index (χ3n) is 3.08. The first-order valence-corrected chi connectivity index (χ1v) is 6.45. The van der Waals surface area contributed by atoms with Crippen LogP contribution in [0.5, 0.6) is 11.5 Å². The van der Waals surface area contributed by atoms with E-state index in [9.17, 15) is 15.0 Å². The molecule has 0 radical (unpaired) electrons. The Morgan fingerprint density at radius 1 is 1.45 bits per heavy atom. The first-order chi connectivity index (χ1) is 11.9. The standard InChI is InChI=1S/C15H21NO4/c16-12(8-10-6-7-13(17)14(18)9-10)15(19)20-11-4-2-1-3-5-11/h6-7,9,11-12,17-18H,1-5,8,16H2/t12-/m0/s1/i6D,7D,8D2,9D,12D. The Hall–Kier alpha value is -1.75. The normalized spacial score (nSPS) is 24.2. The average molecular weight is 285 g/mol. The second-order valence-electron chi connectivity index (χ2n) is 4.65. The molecule has 20 heavy (non-hydrogen) atoms. The van der Waals surface area contributed by atoms with Crippen LogP contribution in [0.1, 0.15) is 45.9 Å². The third-order valence-corrected chi connectivity index (χ3v) is 3.08. The highest BCUT2D eigenvalue weighted by Crippen LogP contribution is 2.25. The molecule has 1 atom stereocenters.